The van der Waals surface area contributed by atoms with Gasteiger partial charge in [-0.05, 0) is 24.6 Å². The highest BCUT2D eigenvalue weighted by Crippen LogP contribution is 2.36. The minimum absolute atomic E-state index is 0.0654. The second kappa shape index (κ2) is 10.4. The second-order valence-corrected chi connectivity index (χ2v) is 7.91. The molecule has 0 aliphatic carbocycles. The first-order chi connectivity index (χ1) is 14.7. The highest BCUT2D eigenvalue weighted by atomic mass is 35.5. The topological polar surface area (TPSA) is 74.5 Å². The quantitative estimate of drug-likeness (QED) is 0.646. The standard InChI is InChI=1S/C20H25ClF3N5O2/c1-2-3-4-17-26-19(31-27-17)13-29-9-7-28(8-10-29)12-18(30)25-14-5-6-16(21)15(11-14)20(22,23)24/h5-6,11H,2-4,7-10,12-13H2,1H3,(H,25,30). The number of hydrogen-bond donors (Lipinski definition) is 1. The van der Waals surface area contributed by atoms with Crippen LogP contribution in [0.25, 0.3) is 0 Å². The molecule has 1 aromatic heterocycles. The number of benzene rings is 1. The lowest BCUT2D eigenvalue weighted by molar-refractivity contribution is -0.137. The van der Waals surface area contributed by atoms with Crippen LogP contribution >= 0.6 is 11.6 Å². The van der Waals surface area contributed by atoms with Gasteiger partial charge in [0.05, 0.1) is 23.7 Å². The van der Waals surface area contributed by atoms with Crippen molar-refractivity contribution < 1.29 is 22.5 Å². The summed E-state index contributed by atoms with van der Waals surface area (Å²) in [6.07, 6.45) is -1.68. The highest BCUT2D eigenvalue weighted by molar-refractivity contribution is 6.31. The van der Waals surface area contributed by atoms with Crippen molar-refractivity contribution in [3.63, 3.8) is 0 Å². The summed E-state index contributed by atoms with van der Waals surface area (Å²) in [5, 5.41) is 6.10. The summed E-state index contributed by atoms with van der Waals surface area (Å²) >= 11 is 5.61. The number of halogens is 4. The molecule has 7 nitrogen and oxygen atoms in total. The summed E-state index contributed by atoms with van der Waals surface area (Å²) in [5.74, 6) is 0.935. The van der Waals surface area contributed by atoms with E-state index in [2.05, 4.69) is 27.3 Å². The van der Waals surface area contributed by atoms with E-state index < -0.39 is 16.8 Å². The number of nitrogens with one attached hydrogen (secondary N) is 1. The Hall–Kier alpha value is -2.17. The number of aryl methyl sites for hydroxylation is 1. The minimum Gasteiger partial charge on any atom is -0.338 e. The summed E-state index contributed by atoms with van der Waals surface area (Å²) in [7, 11) is 0. The van der Waals surface area contributed by atoms with Crippen molar-refractivity contribution in [2.75, 3.05) is 38.0 Å². The molecule has 1 amide bonds. The van der Waals surface area contributed by atoms with Crippen LogP contribution in [0.15, 0.2) is 22.7 Å². The number of anilines is 1. The van der Waals surface area contributed by atoms with Crippen LogP contribution in [0.4, 0.5) is 18.9 Å². The number of alkyl halides is 3. The third kappa shape index (κ3) is 6.91. The fraction of sp³-hybridized carbons (Fsp3) is 0.550. The predicted molar refractivity (Wildman–Crippen MR) is 110 cm³/mol. The lowest BCUT2D eigenvalue weighted by atomic mass is 10.2. The molecular formula is C20H25ClF3N5O2. The van der Waals surface area contributed by atoms with Gasteiger partial charge in [0.15, 0.2) is 5.82 Å². The van der Waals surface area contributed by atoms with Crippen molar-refractivity contribution >= 4 is 23.2 Å². The van der Waals surface area contributed by atoms with E-state index in [0.29, 0.717) is 25.5 Å². The molecule has 2 heterocycles. The maximum Gasteiger partial charge on any atom is 0.417 e. The number of amides is 1. The lowest BCUT2D eigenvalue weighted by Gasteiger charge is -2.33. The summed E-state index contributed by atoms with van der Waals surface area (Å²) in [6.45, 7) is 5.51. The summed E-state index contributed by atoms with van der Waals surface area (Å²) in [4.78, 5) is 20.8. The first-order valence-corrected chi connectivity index (χ1v) is 10.5. The molecule has 1 fully saturated rings. The van der Waals surface area contributed by atoms with Gasteiger partial charge in [-0.15, -0.1) is 0 Å². The van der Waals surface area contributed by atoms with Crippen molar-refractivity contribution in [2.24, 2.45) is 0 Å². The molecule has 0 spiro atoms. The largest absolute Gasteiger partial charge is 0.417 e. The Bertz CT molecular complexity index is 882. The third-order valence-electron chi connectivity index (χ3n) is 5.01. The highest BCUT2D eigenvalue weighted by Gasteiger charge is 2.33. The molecule has 0 saturated carbocycles. The van der Waals surface area contributed by atoms with E-state index in [0.717, 1.165) is 50.3 Å². The molecule has 0 radical (unpaired) electrons. The normalized spacial score (nSPS) is 15.9. The molecule has 1 aliphatic heterocycles. The van der Waals surface area contributed by atoms with Crippen molar-refractivity contribution in [3.8, 4) is 0 Å². The zero-order valence-electron chi connectivity index (χ0n) is 17.2. The molecule has 0 unspecified atom stereocenters. The van der Waals surface area contributed by atoms with Gasteiger partial charge in [-0.1, -0.05) is 30.1 Å². The van der Waals surface area contributed by atoms with Crippen LogP contribution < -0.4 is 5.32 Å². The smallest absolute Gasteiger partial charge is 0.338 e. The van der Waals surface area contributed by atoms with Gasteiger partial charge in [0.25, 0.3) is 0 Å². The second-order valence-electron chi connectivity index (χ2n) is 7.50. The number of rotatable bonds is 8. The van der Waals surface area contributed by atoms with E-state index >= 15 is 0 Å². The maximum atomic E-state index is 13.0. The van der Waals surface area contributed by atoms with Gasteiger partial charge in [0.1, 0.15) is 0 Å². The Morgan fingerprint density at radius 3 is 2.61 bits per heavy atom. The monoisotopic (exact) mass is 459 g/mol. The van der Waals surface area contributed by atoms with E-state index in [1.54, 1.807) is 0 Å². The zero-order valence-corrected chi connectivity index (χ0v) is 18.0. The molecular weight excluding hydrogens is 435 g/mol. The lowest BCUT2D eigenvalue weighted by Crippen LogP contribution is -2.48. The number of unbranched alkanes of at least 4 members (excludes halogenated alkanes) is 1. The Labute approximate surface area is 183 Å². The van der Waals surface area contributed by atoms with Crippen LogP contribution in [0, 0.1) is 0 Å². The first-order valence-electron chi connectivity index (χ1n) is 10.2. The molecule has 1 N–H and O–H groups in total. The van der Waals surface area contributed by atoms with Crippen LogP contribution in [0.5, 0.6) is 0 Å². The van der Waals surface area contributed by atoms with E-state index in [4.69, 9.17) is 16.1 Å². The average Bonchev–Trinajstić information content (AvgIpc) is 3.15. The number of piperazine rings is 1. The molecule has 11 heteroatoms. The third-order valence-corrected chi connectivity index (χ3v) is 5.34. The molecule has 31 heavy (non-hydrogen) atoms. The molecule has 1 aromatic carbocycles. The Balaban J connectivity index is 1.44. The van der Waals surface area contributed by atoms with E-state index in [-0.39, 0.29) is 18.1 Å². The minimum atomic E-state index is -4.58. The van der Waals surface area contributed by atoms with Gasteiger partial charge >= 0.3 is 6.18 Å². The van der Waals surface area contributed by atoms with Gasteiger partial charge in [0.2, 0.25) is 11.8 Å². The number of nitrogens with zero attached hydrogens (tertiary/aromatic N) is 4. The Morgan fingerprint density at radius 2 is 1.94 bits per heavy atom. The van der Waals surface area contributed by atoms with Gasteiger partial charge in [-0.2, -0.15) is 18.2 Å². The van der Waals surface area contributed by atoms with Crippen LogP contribution in [0.2, 0.25) is 5.02 Å². The van der Waals surface area contributed by atoms with Crippen molar-refractivity contribution in [1.82, 2.24) is 19.9 Å². The summed E-state index contributed by atoms with van der Waals surface area (Å²) in [5.41, 5.74) is -0.907. The number of hydrogen-bond acceptors (Lipinski definition) is 6. The fourth-order valence-corrected chi connectivity index (χ4v) is 3.54. The predicted octanol–water partition coefficient (Wildman–Crippen LogP) is 3.84. The van der Waals surface area contributed by atoms with Gasteiger partial charge in [-0.3, -0.25) is 14.6 Å². The van der Waals surface area contributed by atoms with Crippen molar-refractivity contribution in [2.45, 2.75) is 38.9 Å². The van der Waals surface area contributed by atoms with E-state index in [1.807, 2.05) is 4.90 Å². The van der Waals surface area contributed by atoms with Gasteiger partial charge in [0, 0.05) is 38.3 Å². The van der Waals surface area contributed by atoms with Crippen molar-refractivity contribution in [1.29, 1.82) is 0 Å². The maximum absolute atomic E-state index is 13.0. The molecule has 1 saturated heterocycles. The van der Waals surface area contributed by atoms with Gasteiger partial charge < -0.3 is 9.84 Å². The molecule has 3 rings (SSSR count). The van der Waals surface area contributed by atoms with Crippen LogP contribution in [-0.2, 0) is 23.9 Å². The average molecular weight is 460 g/mol. The van der Waals surface area contributed by atoms with Crippen LogP contribution in [0.1, 0.15) is 37.0 Å². The van der Waals surface area contributed by atoms with E-state index in [9.17, 15) is 18.0 Å². The van der Waals surface area contributed by atoms with Crippen LogP contribution in [0.3, 0.4) is 0 Å². The molecule has 1 aliphatic rings. The van der Waals surface area contributed by atoms with Crippen molar-refractivity contribution in [3.05, 3.63) is 40.5 Å². The zero-order chi connectivity index (χ0) is 22.4. The molecule has 0 bridgehead atoms. The van der Waals surface area contributed by atoms with E-state index in [1.165, 1.54) is 6.07 Å². The fourth-order valence-electron chi connectivity index (χ4n) is 3.31. The Kier molecular flexibility index (Phi) is 7.90. The van der Waals surface area contributed by atoms with Crippen LogP contribution in [-0.4, -0.2) is 58.6 Å². The number of carbonyl (C=O) groups is 1. The number of carbonyl (C=O) groups excluding carboxylic acids is 1. The summed E-state index contributed by atoms with van der Waals surface area (Å²) < 4.78 is 44.2. The molecule has 2 aromatic rings. The molecule has 0 atom stereocenters. The number of aromatic nitrogens is 2. The Morgan fingerprint density at radius 1 is 1.23 bits per heavy atom. The summed E-state index contributed by atoms with van der Waals surface area (Å²) in [6, 6.07) is 3.33. The SMILES string of the molecule is CCCCc1noc(CN2CCN(CC(=O)Nc3ccc(Cl)c(C(F)(F)F)c3)CC2)n1. The van der Waals surface area contributed by atoms with Gasteiger partial charge in [-0.25, -0.2) is 0 Å². The first kappa shape index (κ1) is 23.5. The molecule has 170 valence electrons.